The van der Waals surface area contributed by atoms with Gasteiger partial charge in [-0.15, -0.1) is 0 Å². The molecular formula is C9H11FN2O2. The van der Waals surface area contributed by atoms with Crippen molar-refractivity contribution in [1.82, 2.24) is 0 Å². The number of hydrogen-bond acceptors (Lipinski definition) is 4. The zero-order chi connectivity index (χ0) is 10.7. The smallest absolute Gasteiger partial charge is 0.381 e. The summed E-state index contributed by atoms with van der Waals surface area (Å²) in [6.07, 6.45) is 0.551. The molecule has 0 saturated heterocycles. The standard InChI is InChI=1S/C9H11FN2O2/c1-2-5-3-4-6(11)8(12)7(5)9(13)14-10/h3-4H,2,11-12H2,1H3. The Balaban J connectivity index is 3.35. The summed E-state index contributed by atoms with van der Waals surface area (Å²) in [4.78, 5) is 14.2. The molecule has 0 aliphatic rings. The normalized spacial score (nSPS) is 9.86. The van der Waals surface area contributed by atoms with Crippen molar-refractivity contribution in [2.24, 2.45) is 0 Å². The third kappa shape index (κ3) is 1.61. The Morgan fingerprint density at radius 1 is 1.50 bits per heavy atom. The summed E-state index contributed by atoms with van der Waals surface area (Å²) in [6, 6.07) is 3.20. The number of carbonyl (C=O) groups excluding carboxylic acids is 1. The Bertz CT molecular complexity index is 366. The van der Waals surface area contributed by atoms with E-state index >= 15 is 0 Å². The van der Waals surface area contributed by atoms with E-state index in [1.165, 1.54) is 0 Å². The van der Waals surface area contributed by atoms with E-state index in [0.29, 0.717) is 12.0 Å². The third-order valence-electron chi connectivity index (χ3n) is 2.02. The maximum absolute atomic E-state index is 11.8. The van der Waals surface area contributed by atoms with Gasteiger partial charge in [0.2, 0.25) is 0 Å². The van der Waals surface area contributed by atoms with Gasteiger partial charge in [-0.3, -0.25) is 0 Å². The van der Waals surface area contributed by atoms with Crippen LogP contribution >= 0.6 is 0 Å². The topological polar surface area (TPSA) is 78.3 Å². The Labute approximate surface area is 80.5 Å². The fraction of sp³-hybridized carbons (Fsp3) is 0.222. The van der Waals surface area contributed by atoms with Crippen molar-refractivity contribution >= 4 is 17.3 Å². The van der Waals surface area contributed by atoms with Gasteiger partial charge in [-0.05, 0) is 18.1 Å². The lowest BCUT2D eigenvalue weighted by atomic mass is 10.0. The van der Waals surface area contributed by atoms with Gasteiger partial charge in [0, 0.05) is 4.53 Å². The van der Waals surface area contributed by atoms with Crippen LogP contribution in [0.1, 0.15) is 22.8 Å². The van der Waals surface area contributed by atoms with E-state index < -0.39 is 5.97 Å². The van der Waals surface area contributed by atoms with Crippen molar-refractivity contribution < 1.29 is 14.3 Å². The van der Waals surface area contributed by atoms with Crippen molar-refractivity contribution in [3.05, 3.63) is 23.3 Å². The minimum absolute atomic E-state index is 0.00926. The Morgan fingerprint density at radius 2 is 2.14 bits per heavy atom. The van der Waals surface area contributed by atoms with Crippen molar-refractivity contribution in [2.75, 3.05) is 11.5 Å². The minimum Gasteiger partial charge on any atom is -0.397 e. The second-order valence-corrected chi connectivity index (χ2v) is 2.82. The average molecular weight is 198 g/mol. The largest absolute Gasteiger partial charge is 0.397 e. The Hall–Kier alpha value is -1.78. The van der Waals surface area contributed by atoms with Crippen molar-refractivity contribution in [1.29, 1.82) is 0 Å². The van der Waals surface area contributed by atoms with Crippen LogP contribution in [0.15, 0.2) is 12.1 Å². The monoisotopic (exact) mass is 198 g/mol. The molecule has 4 N–H and O–H groups in total. The van der Waals surface area contributed by atoms with E-state index in [2.05, 4.69) is 4.94 Å². The second-order valence-electron chi connectivity index (χ2n) is 2.82. The zero-order valence-corrected chi connectivity index (χ0v) is 7.71. The van der Waals surface area contributed by atoms with E-state index in [0.717, 1.165) is 0 Å². The van der Waals surface area contributed by atoms with Crippen LogP contribution in [0.5, 0.6) is 0 Å². The molecule has 0 aliphatic carbocycles. The highest BCUT2D eigenvalue weighted by molar-refractivity contribution is 5.99. The second kappa shape index (κ2) is 3.95. The minimum atomic E-state index is -1.10. The van der Waals surface area contributed by atoms with Gasteiger partial charge in [-0.1, -0.05) is 13.0 Å². The SMILES string of the molecule is CCc1ccc(N)c(N)c1C(=O)OF. The lowest BCUT2D eigenvalue weighted by Gasteiger charge is -2.09. The maximum atomic E-state index is 11.8. The molecule has 0 fully saturated rings. The van der Waals surface area contributed by atoms with Crippen LogP contribution in [0, 0.1) is 0 Å². The first kappa shape index (κ1) is 10.3. The van der Waals surface area contributed by atoms with E-state index in [1.54, 1.807) is 12.1 Å². The van der Waals surface area contributed by atoms with Gasteiger partial charge in [-0.2, -0.15) is 0 Å². The number of aryl methyl sites for hydroxylation is 1. The van der Waals surface area contributed by atoms with Gasteiger partial charge in [0.15, 0.2) is 0 Å². The molecule has 0 aliphatic heterocycles. The number of nitrogen functional groups attached to an aromatic ring is 2. The summed E-state index contributed by atoms with van der Waals surface area (Å²) in [5.74, 6) is -1.10. The number of anilines is 2. The molecule has 0 unspecified atom stereocenters. The predicted molar refractivity (Wildman–Crippen MR) is 51.2 cm³/mol. The molecule has 4 nitrogen and oxygen atoms in total. The number of hydrogen-bond donors (Lipinski definition) is 2. The van der Waals surface area contributed by atoms with Crippen LogP contribution in [0.4, 0.5) is 15.9 Å². The summed E-state index contributed by atoms with van der Waals surface area (Å²) >= 11 is 0. The fourth-order valence-corrected chi connectivity index (χ4v) is 1.26. The molecule has 1 aromatic carbocycles. The first-order valence-corrected chi connectivity index (χ1v) is 4.11. The number of nitrogens with two attached hydrogens (primary N) is 2. The molecule has 1 rings (SSSR count). The molecule has 0 atom stereocenters. The molecule has 0 bridgehead atoms. The van der Waals surface area contributed by atoms with Gasteiger partial charge in [0.1, 0.15) is 0 Å². The zero-order valence-electron chi connectivity index (χ0n) is 7.71. The van der Waals surface area contributed by atoms with Gasteiger partial charge in [0.05, 0.1) is 16.9 Å². The molecule has 0 saturated carbocycles. The van der Waals surface area contributed by atoms with Crippen LogP contribution in [0.2, 0.25) is 0 Å². The van der Waals surface area contributed by atoms with Crippen LogP contribution in [-0.4, -0.2) is 5.97 Å². The van der Waals surface area contributed by atoms with Crippen molar-refractivity contribution in [3.8, 4) is 0 Å². The number of halogens is 1. The Kier molecular flexibility index (Phi) is 2.91. The highest BCUT2D eigenvalue weighted by Crippen LogP contribution is 2.25. The predicted octanol–water partition coefficient (Wildman–Crippen LogP) is 1.45. The van der Waals surface area contributed by atoms with Crippen LogP contribution in [0.3, 0.4) is 0 Å². The first-order valence-electron chi connectivity index (χ1n) is 4.11. The highest BCUT2D eigenvalue weighted by Gasteiger charge is 2.18. The van der Waals surface area contributed by atoms with Gasteiger partial charge in [-0.25, -0.2) is 9.74 Å². The quantitative estimate of drug-likeness (QED) is 0.705. The summed E-state index contributed by atoms with van der Waals surface area (Å²) in [5.41, 5.74) is 11.9. The lowest BCUT2D eigenvalue weighted by Crippen LogP contribution is -2.10. The lowest BCUT2D eigenvalue weighted by molar-refractivity contribution is -0.0787. The number of carbonyl (C=O) groups is 1. The Morgan fingerprint density at radius 3 is 2.64 bits per heavy atom. The molecular weight excluding hydrogens is 187 g/mol. The van der Waals surface area contributed by atoms with Crippen molar-refractivity contribution in [3.63, 3.8) is 0 Å². The average Bonchev–Trinajstić information content (AvgIpc) is 2.20. The van der Waals surface area contributed by atoms with Crippen LogP contribution in [-0.2, 0) is 11.4 Å². The maximum Gasteiger partial charge on any atom is 0.381 e. The molecule has 76 valence electrons. The molecule has 5 heteroatoms. The fourth-order valence-electron chi connectivity index (χ4n) is 1.26. The van der Waals surface area contributed by atoms with Gasteiger partial charge < -0.3 is 11.5 Å². The van der Waals surface area contributed by atoms with Gasteiger partial charge in [0.25, 0.3) is 0 Å². The number of benzene rings is 1. The molecule has 1 aromatic rings. The first-order chi connectivity index (χ1) is 6.61. The van der Waals surface area contributed by atoms with Crippen LogP contribution < -0.4 is 11.5 Å². The van der Waals surface area contributed by atoms with E-state index in [-0.39, 0.29) is 16.9 Å². The summed E-state index contributed by atoms with van der Waals surface area (Å²) in [5, 5.41) is 0. The third-order valence-corrected chi connectivity index (χ3v) is 2.02. The van der Waals surface area contributed by atoms with Crippen molar-refractivity contribution in [2.45, 2.75) is 13.3 Å². The summed E-state index contributed by atoms with van der Waals surface area (Å²) in [7, 11) is 0. The van der Waals surface area contributed by atoms with Crippen LogP contribution in [0.25, 0.3) is 0 Å². The number of rotatable bonds is 2. The molecule has 0 amide bonds. The summed E-state index contributed by atoms with van der Waals surface area (Å²) < 4.78 is 11.8. The van der Waals surface area contributed by atoms with E-state index in [9.17, 15) is 9.32 Å². The van der Waals surface area contributed by atoms with E-state index in [1.807, 2.05) is 6.92 Å². The molecule has 0 radical (unpaired) electrons. The molecule has 0 heterocycles. The molecule has 14 heavy (non-hydrogen) atoms. The van der Waals surface area contributed by atoms with E-state index in [4.69, 9.17) is 11.5 Å². The highest BCUT2D eigenvalue weighted by atomic mass is 19.3. The molecule has 0 spiro atoms. The van der Waals surface area contributed by atoms with Gasteiger partial charge >= 0.3 is 5.97 Å². The summed E-state index contributed by atoms with van der Waals surface area (Å²) in [6.45, 7) is 1.82. The molecule has 0 aromatic heterocycles.